The number of hydrogen-bond acceptors (Lipinski definition) is 10. The molecule has 51 heavy (non-hydrogen) atoms. The van der Waals surface area contributed by atoms with Crippen LogP contribution in [0.5, 0.6) is 51.7 Å². The molecule has 6 rings (SSSR count). The van der Waals surface area contributed by atoms with Gasteiger partial charge in [0.1, 0.15) is 0 Å². The summed E-state index contributed by atoms with van der Waals surface area (Å²) in [5, 5.41) is 0. The summed E-state index contributed by atoms with van der Waals surface area (Å²) in [5.41, 5.74) is 7.15. The molecule has 2 heterocycles. The summed E-state index contributed by atoms with van der Waals surface area (Å²) in [7, 11) is 16.0. The Morgan fingerprint density at radius 2 is 0.922 bits per heavy atom. The molecule has 10 nitrogen and oxygen atoms in total. The normalized spacial score (nSPS) is 17.2. The lowest BCUT2D eigenvalue weighted by Gasteiger charge is -2.35. The minimum atomic E-state index is 0.103. The molecule has 4 aromatic carbocycles. The predicted octanol–water partition coefficient (Wildman–Crippen LogP) is 7.08. The Hall–Kier alpha value is -4.80. The molecule has 272 valence electrons. The molecule has 10 heteroatoms. The van der Waals surface area contributed by atoms with Gasteiger partial charge in [0.05, 0.1) is 49.8 Å². The summed E-state index contributed by atoms with van der Waals surface area (Å²) in [6.07, 6.45) is 3.36. The number of benzene rings is 4. The van der Waals surface area contributed by atoms with Crippen molar-refractivity contribution in [3.8, 4) is 51.7 Å². The van der Waals surface area contributed by atoms with E-state index < -0.39 is 0 Å². The molecule has 0 N–H and O–H groups in total. The molecule has 0 saturated carbocycles. The van der Waals surface area contributed by atoms with E-state index in [0.717, 1.165) is 66.5 Å². The molecule has 2 atom stereocenters. The molecule has 2 aliphatic rings. The number of nitrogens with zero attached hydrogens (tertiary/aromatic N) is 2. The van der Waals surface area contributed by atoms with Crippen molar-refractivity contribution in [1.29, 1.82) is 0 Å². The maximum Gasteiger partial charge on any atom is 0.203 e. The summed E-state index contributed by atoms with van der Waals surface area (Å²) in [6.45, 7) is 1.87. The van der Waals surface area contributed by atoms with Crippen molar-refractivity contribution in [2.24, 2.45) is 0 Å². The largest absolute Gasteiger partial charge is 0.493 e. The monoisotopic (exact) mass is 698 g/mol. The second kappa shape index (κ2) is 15.6. The molecule has 4 aromatic rings. The molecule has 0 spiro atoms. The standard InChI is InChI=1S/C41H50N2O8/c1-42-14-12-27-21-34(45-4)36(47-6)23-29(27)31(42)16-25-10-11-33(44-3)38(18-25)51-40-20-26(19-39(49-8)41(40)50-9)17-32-30-24-37(48-7)35(46-5)22-28(30)13-15-43(32)2/h10-11,18-24,31-32H,12-17H2,1-9H3. The van der Waals surface area contributed by atoms with E-state index in [-0.39, 0.29) is 12.1 Å². The smallest absolute Gasteiger partial charge is 0.203 e. The summed E-state index contributed by atoms with van der Waals surface area (Å²) in [4.78, 5) is 4.77. The molecule has 2 aliphatic heterocycles. The maximum atomic E-state index is 6.72. The van der Waals surface area contributed by atoms with Crippen molar-refractivity contribution in [3.05, 3.63) is 88.0 Å². The average Bonchev–Trinajstić information content (AvgIpc) is 3.15. The van der Waals surface area contributed by atoms with Crippen LogP contribution in [0.3, 0.4) is 0 Å². The highest BCUT2D eigenvalue weighted by Crippen LogP contribution is 2.46. The summed E-state index contributed by atoms with van der Waals surface area (Å²) in [6, 6.07) is 18.9. The molecular formula is C41H50N2O8. The van der Waals surface area contributed by atoms with Crippen LogP contribution in [0.25, 0.3) is 0 Å². The summed E-state index contributed by atoms with van der Waals surface area (Å²) >= 11 is 0. The Labute approximate surface area is 301 Å². The number of rotatable bonds is 13. The number of hydrogen-bond donors (Lipinski definition) is 0. The molecule has 0 amide bonds. The Morgan fingerprint density at radius 1 is 0.471 bits per heavy atom. The maximum absolute atomic E-state index is 6.72. The van der Waals surface area contributed by atoms with Gasteiger partial charge in [-0.2, -0.15) is 0 Å². The Morgan fingerprint density at radius 3 is 1.41 bits per heavy atom. The first-order chi connectivity index (χ1) is 24.7. The van der Waals surface area contributed by atoms with Crippen LogP contribution in [-0.2, 0) is 25.7 Å². The van der Waals surface area contributed by atoms with Gasteiger partial charge in [0.2, 0.25) is 5.75 Å². The van der Waals surface area contributed by atoms with Gasteiger partial charge in [0, 0.05) is 25.2 Å². The average molecular weight is 699 g/mol. The first-order valence-electron chi connectivity index (χ1n) is 17.2. The van der Waals surface area contributed by atoms with Gasteiger partial charge in [-0.05, 0) is 122 Å². The summed E-state index contributed by atoms with van der Waals surface area (Å²) < 4.78 is 46.8. The number of methoxy groups -OCH3 is 7. The molecule has 0 aromatic heterocycles. The van der Waals surface area contributed by atoms with Crippen LogP contribution in [0.1, 0.15) is 45.5 Å². The highest BCUT2D eigenvalue weighted by Gasteiger charge is 2.30. The van der Waals surface area contributed by atoms with Gasteiger partial charge in [-0.15, -0.1) is 0 Å². The molecule has 0 radical (unpaired) electrons. The van der Waals surface area contributed by atoms with Crippen LogP contribution >= 0.6 is 0 Å². The van der Waals surface area contributed by atoms with Gasteiger partial charge in [-0.1, -0.05) is 6.07 Å². The van der Waals surface area contributed by atoms with Crippen molar-refractivity contribution < 1.29 is 37.9 Å². The molecule has 0 aliphatic carbocycles. The lowest BCUT2D eigenvalue weighted by Crippen LogP contribution is -2.33. The van der Waals surface area contributed by atoms with E-state index in [4.69, 9.17) is 37.9 Å². The molecule has 0 bridgehead atoms. The lowest BCUT2D eigenvalue weighted by atomic mass is 9.88. The summed E-state index contributed by atoms with van der Waals surface area (Å²) in [5.74, 6) is 5.83. The second-order valence-corrected chi connectivity index (χ2v) is 13.1. The van der Waals surface area contributed by atoms with Crippen molar-refractivity contribution in [1.82, 2.24) is 9.80 Å². The quantitative estimate of drug-likeness (QED) is 0.145. The minimum Gasteiger partial charge on any atom is -0.493 e. The topological polar surface area (TPSA) is 80.3 Å². The van der Waals surface area contributed by atoms with E-state index >= 15 is 0 Å². The molecule has 0 fully saturated rings. The zero-order chi connectivity index (χ0) is 36.2. The van der Waals surface area contributed by atoms with Crippen LogP contribution in [-0.4, -0.2) is 86.8 Å². The van der Waals surface area contributed by atoms with Gasteiger partial charge in [-0.25, -0.2) is 0 Å². The Kier molecular flexibility index (Phi) is 11.0. The van der Waals surface area contributed by atoms with Gasteiger partial charge >= 0.3 is 0 Å². The highest BCUT2D eigenvalue weighted by atomic mass is 16.5. The zero-order valence-electron chi connectivity index (χ0n) is 31.3. The fourth-order valence-electron chi connectivity index (χ4n) is 7.51. The van der Waals surface area contributed by atoms with Crippen LogP contribution in [0, 0.1) is 0 Å². The minimum absolute atomic E-state index is 0.103. The fourth-order valence-corrected chi connectivity index (χ4v) is 7.51. The van der Waals surface area contributed by atoms with Crippen LogP contribution < -0.4 is 37.9 Å². The highest BCUT2D eigenvalue weighted by molar-refractivity contribution is 5.58. The van der Waals surface area contributed by atoms with Crippen LogP contribution in [0.15, 0.2) is 54.6 Å². The molecule has 0 saturated heterocycles. The lowest BCUT2D eigenvalue weighted by molar-refractivity contribution is 0.227. The van der Waals surface area contributed by atoms with Gasteiger partial charge in [0.15, 0.2) is 46.0 Å². The first kappa shape index (κ1) is 36.0. The second-order valence-electron chi connectivity index (χ2n) is 13.1. The van der Waals surface area contributed by atoms with Crippen molar-refractivity contribution in [2.45, 2.75) is 37.8 Å². The zero-order valence-corrected chi connectivity index (χ0v) is 31.3. The van der Waals surface area contributed by atoms with E-state index in [1.165, 1.54) is 22.3 Å². The van der Waals surface area contributed by atoms with Crippen LogP contribution in [0.2, 0.25) is 0 Å². The van der Waals surface area contributed by atoms with E-state index in [1.54, 1.807) is 49.8 Å². The number of likely N-dealkylation sites (N-methyl/N-ethyl adjacent to an activating group) is 2. The van der Waals surface area contributed by atoms with Crippen molar-refractivity contribution in [2.75, 3.05) is 77.0 Å². The first-order valence-corrected chi connectivity index (χ1v) is 17.2. The SMILES string of the molecule is COc1cc2c(cc1OC)C(Cc1ccc(OC)c(Oc3cc(CC4c5cc(OC)c(OC)cc5CCN4C)cc(OC)c3OC)c1)N(C)CC2. The van der Waals surface area contributed by atoms with E-state index in [2.05, 4.69) is 60.3 Å². The van der Waals surface area contributed by atoms with E-state index in [0.29, 0.717) is 35.2 Å². The van der Waals surface area contributed by atoms with Gasteiger partial charge in [0.25, 0.3) is 0 Å². The van der Waals surface area contributed by atoms with E-state index in [9.17, 15) is 0 Å². The predicted molar refractivity (Wildman–Crippen MR) is 197 cm³/mol. The third-order valence-electron chi connectivity index (χ3n) is 10.4. The third kappa shape index (κ3) is 7.21. The van der Waals surface area contributed by atoms with Gasteiger partial charge in [-0.3, -0.25) is 9.80 Å². The van der Waals surface area contributed by atoms with E-state index in [1.807, 2.05) is 18.2 Å². The molecular weight excluding hydrogens is 648 g/mol. The van der Waals surface area contributed by atoms with Crippen molar-refractivity contribution in [3.63, 3.8) is 0 Å². The molecule has 2 unspecified atom stereocenters. The fraction of sp³-hybridized carbons (Fsp3) is 0.415. The van der Waals surface area contributed by atoms with Crippen LogP contribution in [0.4, 0.5) is 0 Å². The third-order valence-corrected chi connectivity index (χ3v) is 10.4. The number of fused-ring (bicyclic) bond motifs is 2. The Balaban J connectivity index is 1.33. The number of ether oxygens (including phenoxy) is 8. The Bertz CT molecular complexity index is 1860. The van der Waals surface area contributed by atoms with Crippen molar-refractivity contribution >= 4 is 0 Å². The van der Waals surface area contributed by atoms with Gasteiger partial charge < -0.3 is 37.9 Å².